The van der Waals surface area contributed by atoms with Gasteiger partial charge in [0.05, 0.1) is 12.7 Å². The molecule has 116 valence electrons. The van der Waals surface area contributed by atoms with Gasteiger partial charge in [0.25, 0.3) is 0 Å². The molecule has 0 aromatic heterocycles. The monoisotopic (exact) mass is 292 g/mol. The van der Waals surface area contributed by atoms with Gasteiger partial charge in [0.15, 0.2) is 0 Å². The molecule has 1 aliphatic rings. The maximum Gasteiger partial charge on any atom is 0.314 e. The second kappa shape index (κ2) is 8.00. The maximum absolute atomic E-state index is 11.6. The number of aliphatic hydroxyl groups excluding tert-OH is 1. The average Bonchev–Trinajstić information content (AvgIpc) is 3.26. The van der Waals surface area contributed by atoms with Crippen LogP contribution in [0.2, 0.25) is 0 Å². The number of urea groups is 1. The standard InChI is InChI=1S/C16H24N2O3/c1-21-11-14(19)7-8-17-16(20)18-10-13-9-15(13)12-5-3-2-4-6-12/h2-6,13-15,19H,7-11H2,1H3,(H2,17,18,20). The molecule has 0 heterocycles. The number of amides is 2. The van der Waals surface area contributed by atoms with Crippen molar-refractivity contribution in [3.05, 3.63) is 35.9 Å². The molecule has 3 N–H and O–H groups in total. The molecule has 0 radical (unpaired) electrons. The molecule has 2 amide bonds. The van der Waals surface area contributed by atoms with Crippen molar-refractivity contribution in [3.8, 4) is 0 Å². The number of hydrogen-bond donors (Lipinski definition) is 3. The summed E-state index contributed by atoms with van der Waals surface area (Å²) in [5.41, 5.74) is 1.35. The number of carbonyl (C=O) groups excluding carboxylic acids is 1. The number of carbonyl (C=O) groups is 1. The number of nitrogens with one attached hydrogen (secondary N) is 2. The SMILES string of the molecule is COCC(O)CCNC(=O)NCC1CC1c1ccccc1. The van der Waals surface area contributed by atoms with E-state index in [9.17, 15) is 9.90 Å². The lowest BCUT2D eigenvalue weighted by Gasteiger charge is -2.11. The second-order valence-corrected chi connectivity index (χ2v) is 5.55. The highest BCUT2D eigenvalue weighted by Crippen LogP contribution is 2.46. The van der Waals surface area contributed by atoms with Crippen molar-refractivity contribution in [1.82, 2.24) is 10.6 Å². The molecule has 3 atom stereocenters. The number of methoxy groups -OCH3 is 1. The molecule has 0 saturated heterocycles. The van der Waals surface area contributed by atoms with Gasteiger partial charge in [-0.05, 0) is 30.2 Å². The molecular formula is C16H24N2O3. The van der Waals surface area contributed by atoms with E-state index in [-0.39, 0.29) is 6.03 Å². The minimum Gasteiger partial charge on any atom is -0.391 e. The van der Waals surface area contributed by atoms with Gasteiger partial charge in [-0.3, -0.25) is 0 Å². The van der Waals surface area contributed by atoms with Gasteiger partial charge in [-0.25, -0.2) is 4.79 Å². The molecule has 1 fully saturated rings. The van der Waals surface area contributed by atoms with Gasteiger partial charge < -0.3 is 20.5 Å². The van der Waals surface area contributed by atoms with E-state index in [1.165, 1.54) is 5.56 Å². The Kier molecular flexibility index (Phi) is 6.02. The minimum absolute atomic E-state index is 0.168. The van der Waals surface area contributed by atoms with Gasteiger partial charge >= 0.3 is 6.03 Å². The lowest BCUT2D eigenvalue weighted by atomic mass is 10.1. The highest BCUT2D eigenvalue weighted by molar-refractivity contribution is 5.73. The van der Waals surface area contributed by atoms with E-state index in [1.54, 1.807) is 7.11 Å². The van der Waals surface area contributed by atoms with Crippen molar-refractivity contribution in [2.75, 3.05) is 26.8 Å². The quantitative estimate of drug-likeness (QED) is 0.680. The summed E-state index contributed by atoms with van der Waals surface area (Å²) >= 11 is 0. The third-order valence-electron chi connectivity index (χ3n) is 3.80. The lowest BCUT2D eigenvalue weighted by molar-refractivity contribution is 0.0598. The van der Waals surface area contributed by atoms with E-state index in [4.69, 9.17) is 4.74 Å². The first kappa shape index (κ1) is 15.8. The normalized spacial score (nSPS) is 21.6. The van der Waals surface area contributed by atoms with Crippen LogP contribution in [-0.4, -0.2) is 44.0 Å². The van der Waals surface area contributed by atoms with Crippen LogP contribution in [0, 0.1) is 5.92 Å². The van der Waals surface area contributed by atoms with Crippen LogP contribution >= 0.6 is 0 Å². The Morgan fingerprint density at radius 2 is 2.14 bits per heavy atom. The number of rotatable bonds is 8. The summed E-state index contributed by atoms with van der Waals surface area (Å²) in [7, 11) is 1.54. The molecule has 21 heavy (non-hydrogen) atoms. The molecule has 0 aliphatic heterocycles. The molecule has 0 bridgehead atoms. The van der Waals surface area contributed by atoms with E-state index in [1.807, 2.05) is 6.07 Å². The van der Waals surface area contributed by atoms with E-state index in [0.717, 1.165) is 6.42 Å². The summed E-state index contributed by atoms with van der Waals surface area (Å²) in [5, 5.41) is 15.1. The summed E-state index contributed by atoms with van der Waals surface area (Å²) < 4.78 is 4.82. The zero-order valence-electron chi connectivity index (χ0n) is 12.4. The molecule has 5 nitrogen and oxygen atoms in total. The van der Waals surface area contributed by atoms with Crippen molar-refractivity contribution in [2.24, 2.45) is 5.92 Å². The average molecular weight is 292 g/mol. The molecule has 5 heteroatoms. The van der Waals surface area contributed by atoms with Crippen LogP contribution < -0.4 is 10.6 Å². The fourth-order valence-corrected chi connectivity index (χ4v) is 2.50. The largest absolute Gasteiger partial charge is 0.391 e. The maximum atomic E-state index is 11.6. The van der Waals surface area contributed by atoms with Gasteiger partial charge in [0.2, 0.25) is 0 Å². The molecular weight excluding hydrogens is 268 g/mol. The third kappa shape index (κ3) is 5.36. The van der Waals surface area contributed by atoms with E-state index < -0.39 is 6.10 Å². The number of hydrogen-bond acceptors (Lipinski definition) is 3. The summed E-state index contributed by atoms with van der Waals surface area (Å²) in [6.45, 7) is 1.44. The lowest BCUT2D eigenvalue weighted by Crippen LogP contribution is -2.38. The summed E-state index contributed by atoms with van der Waals surface area (Å²) in [5.74, 6) is 1.12. The molecule has 2 rings (SSSR count). The van der Waals surface area contributed by atoms with Crippen LogP contribution in [0.5, 0.6) is 0 Å². The summed E-state index contributed by atoms with van der Waals surface area (Å²) in [4.78, 5) is 11.6. The first-order valence-corrected chi connectivity index (χ1v) is 7.44. The predicted octanol–water partition coefficient (Wildman–Crippen LogP) is 1.49. The highest BCUT2D eigenvalue weighted by atomic mass is 16.5. The Bertz CT molecular complexity index is 438. The topological polar surface area (TPSA) is 70.6 Å². The molecule has 1 saturated carbocycles. The molecule has 1 aromatic rings. The molecule has 3 unspecified atom stereocenters. The minimum atomic E-state index is -0.527. The Hall–Kier alpha value is -1.59. The fraction of sp³-hybridized carbons (Fsp3) is 0.562. The third-order valence-corrected chi connectivity index (χ3v) is 3.80. The van der Waals surface area contributed by atoms with Crippen LogP contribution in [0.25, 0.3) is 0 Å². The summed E-state index contributed by atoms with van der Waals surface area (Å²) in [6, 6.07) is 10.2. The predicted molar refractivity (Wildman–Crippen MR) is 81.2 cm³/mol. The van der Waals surface area contributed by atoms with Gasteiger partial charge in [-0.15, -0.1) is 0 Å². The van der Waals surface area contributed by atoms with Crippen LogP contribution in [0.4, 0.5) is 4.79 Å². The van der Waals surface area contributed by atoms with Gasteiger partial charge in [-0.1, -0.05) is 30.3 Å². The Morgan fingerprint density at radius 3 is 2.86 bits per heavy atom. The van der Waals surface area contributed by atoms with Crippen molar-refractivity contribution in [2.45, 2.75) is 24.9 Å². The van der Waals surface area contributed by atoms with Gasteiger partial charge in [-0.2, -0.15) is 0 Å². The number of aliphatic hydroxyl groups is 1. The van der Waals surface area contributed by atoms with Gasteiger partial charge in [0.1, 0.15) is 0 Å². The molecule has 1 aromatic carbocycles. The van der Waals surface area contributed by atoms with Crippen molar-refractivity contribution < 1.29 is 14.6 Å². The Morgan fingerprint density at radius 1 is 1.38 bits per heavy atom. The first-order chi connectivity index (χ1) is 10.2. The zero-order valence-corrected chi connectivity index (χ0v) is 12.4. The fourth-order valence-electron chi connectivity index (χ4n) is 2.50. The Labute approximate surface area is 125 Å². The van der Waals surface area contributed by atoms with Crippen LogP contribution in [0.15, 0.2) is 30.3 Å². The van der Waals surface area contributed by atoms with Crippen LogP contribution in [-0.2, 0) is 4.74 Å². The van der Waals surface area contributed by atoms with Crippen molar-refractivity contribution >= 4 is 6.03 Å². The van der Waals surface area contributed by atoms with Crippen LogP contribution in [0.3, 0.4) is 0 Å². The number of ether oxygens (including phenoxy) is 1. The van der Waals surface area contributed by atoms with E-state index in [2.05, 4.69) is 34.9 Å². The smallest absolute Gasteiger partial charge is 0.314 e. The van der Waals surface area contributed by atoms with E-state index >= 15 is 0 Å². The Balaban J connectivity index is 1.56. The summed E-state index contributed by atoms with van der Waals surface area (Å²) in [6.07, 6.45) is 1.11. The van der Waals surface area contributed by atoms with E-state index in [0.29, 0.717) is 38.0 Å². The van der Waals surface area contributed by atoms with Crippen LogP contribution in [0.1, 0.15) is 24.3 Å². The highest BCUT2D eigenvalue weighted by Gasteiger charge is 2.37. The number of benzene rings is 1. The zero-order chi connectivity index (χ0) is 15.1. The first-order valence-electron chi connectivity index (χ1n) is 7.44. The second-order valence-electron chi connectivity index (χ2n) is 5.55. The van der Waals surface area contributed by atoms with Crippen molar-refractivity contribution in [1.29, 1.82) is 0 Å². The van der Waals surface area contributed by atoms with Gasteiger partial charge in [0, 0.05) is 20.2 Å². The van der Waals surface area contributed by atoms with Crippen molar-refractivity contribution in [3.63, 3.8) is 0 Å². The molecule has 1 aliphatic carbocycles. The molecule has 0 spiro atoms.